The number of nitrogens with zero attached hydrogens (tertiary/aromatic N) is 1. The van der Waals surface area contributed by atoms with Crippen molar-refractivity contribution < 1.29 is 14.3 Å². The zero-order valence-electron chi connectivity index (χ0n) is 12.5. The molecule has 1 aromatic carbocycles. The predicted octanol–water partition coefficient (Wildman–Crippen LogP) is 1.43. The fourth-order valence-corrected chi connectivity index (χ4v) is 2.88. The standard InChI is InChI=1S/C16H21N3O3/c20-15-14(17-16(21)18-15)12-4-6-13(7-5-12)22-11-10-19-8-2-1-3-9-19/h4-7,14H,1-3,8-11H2,(H2,17,18,20,21). The van der Waals surface area contributed by atoms with E-state index in [1.54, 1.807) is 0 Å². The van der Waals surface area contributed by atoms with E-state index in [0.717, 1.165) is 17.9 Å². The Kier molecular flexibility index (Phi) is 4.58. The van der Waals surface area contributed by atoms with Gasteiger partial charge in [-0.2, -0.15) is 0 Å². The second-order valence-corrected chi connectivity index (χ2v) is 5.72. The summed E-state index contributed by atoms with van der Waals surface area (Å²) >= 11 is 0. The number of likely N-dealkylation sites (tertiary alicyclic amines) is 1. The lowest BCUT2D eigenvalue weighted by Crippen LogP contribution is -2.33. The molecule has 22 heavy (non-hydrogen) atoms. The Morgan fingerprint density at radius 1 is 1.09 bits per heavy atom. The van der Waals surface area contributed by atoms with Gasteiger partial charge in [-0.3, -0.25) is 15.0 Å². The van der Waals surface area contributed by atoms with E-state index in [4.69, 9.17) is 4.74 Å². The average Bonchev–Trinajstić information content (AvgIpc) is 2.88. The van der Waals surface area contributed by atoms with Crippen molar-refractivity contribution in [1.82, 2.24) is 15.5 Å². The monoisotopic (exact) mass is 303 g/mol. The number of piperidine rings is 1. The van der Waals surface area contributed by atoms with E-state index in [9.17, 15) is 9.59 Å². The van der Waals surface area contributed by atoms with Crippen LogP contribution in [0.5, 0.6) is 5.75 Å². The molecular formula is C16H21N3O3. The molecule has 0 radical (unpaired) electrons. The van der Waals surface area contributed by atoms with Gasteiger partial charge >= 0.3 is 6.03 Å². The predicted molar refractivity (Wildman–Crippen MR) is 81.6 cm³/mol. The van der Waals surface area contributed by atoms with Crippen molar-refractivity contribution in [2.75, 3.05) is 26.2 Å². The third-order valence-corrected chi connectivity index (χ3v) is 4.11. The Hall–Kier alpha value is -2.08. The number of hydrogen-bond donors (Lipinski definition) is 2. The van der Waals surface area contributed by atoms with Crippen LogP contribution in [0.4, 0.5) is 4.79 Å². The fourth-order valence-electron chi connectivity index (χ4n) is 2.88. The van der Waals surface area contributed by atoms with E-state index in [1.807, 2.05) is 24.3 Å². The molecule has 3 rings (SSSR count). The number of carbonyl (C=O) groups excluding carboxylic acids is 2. The second-order valence-electron chi connectivity index (χ2n) is 5.72. The molecule has 2 heterocycles. The summed E-state index contributed by atoms with van der Waals surface area (Å²) in [4.78, 5) is 25.1. The number of imide groups is 1. The highest BCUT2D eigenvalue weighted by molar-refractivity contribution is 6.04. The third kappa shape index (κ3) is 3.57. The molecule has 1 atom stereocenters. The van der Waals surface area contributed by atoms with Gasteiger partial charge in [0.15, 0.2) is 0 Å². The van der Waals surface area contributed by atoms with Gasteiger partial charge in [-0.15, -0.1) is 0 Å². The fraction of sp³-hybridized carbons (Fsp3) is 0.500. The zero-order valence-corrected chi connectivity index (χ0v) is 12.5. The number of rotatable bonds is 5. The van der Waals surface area contributed by atoms with Crippen molar-refractivity contribution in [3.8, 4) is 5.75 Å². The van der Waals surface area contributed by atoms with Gasteiger partial charge < -0.3 is 10.1 Å². The molecule has 6 nitrogen and oxygen atoms in total. The normalized spacial score (nSPS) is 22.3. The Balaban J connectivity index is 1.49. The van der Waals surface area contributed by atoms with Gasteiger partial charge in [0, 0.05) is 6.54 Å². The molecule has 2 N–H and O–H groups in total. The highest BCUT2D eigenvalue weighted by Crippen LogP contribution is 2.20. The lowest BCUT2D eigenvalue weighted by Gasteiger charge is -2.26. The molecular weight excluding hydrogens is 282 g/mol. The van der Waals surface area contributed by atoms with Crippen LogP contribution in [-0.2, 0) is 4.79 Å². The number of carbonyl (C=O) groups is 2. The second kappa shape index (κ2) is 6.79. The number of benzene rings is 1. The molecule has 118 valence electrons. The van der Waals surface area contributed by atoms with Crippen LogP contribution in [0.15, 0.2) is 24.3 Å². The van der Waals surface area contributed by atoms with Crippen molar-refractivity contribution in [3.63, 3.8) is 0 Å². The Morgan fingerprint density at radius 3 is 2.45 bits per heavy atom. The highest BCUT2D eigenvalue weighted by atomic mass is 16.5. The molecule has 2 aliphatic rings. The lowest BCUT2D eigenvalue weighted by atomic mass is 10.1. The largest absolute Gasteiger partial charge is 0.492 e. The molecule has 1 unspecified atom stereocenters. The number of ether oxygens (including phenoxy) is 1. The van der Waals surface area contributed by atoms with Crippen molar-refractivity contribution >= 4 is 11.9 Å². The maximum absolute atomic E-state index is 11.6. The van der Waals surface area contributed by atoms with Gasteiger partial charge in [0.1, 0.15) is 18.4 Å². The minimum Gasteiger partial charge on any atom is -0.492 e. The first-order valence-electron chi connectivity index (χ1n) is 7.79. The number of urea groups is 1. The Bertz CT molecular complexity index is 538. The summed E-state index contributed by atoms with van der Waals surface area (Å²) in [5.74, 6) is 0.467. The highest BCUT2D eigenvalue weighted by Gasteiger charge is 2.30. The van der Waals surface area contributed by atoms with Crippen molar-refractivity contribution in [2.24, 2.45) is 0 Å². The van der Waals surface area contributed by atoms with Gasteiger partial charge in [-0.05, 0) is 43.6 Å². The van der Waals surface area contributed by atoms with Crippen LogP contribution in [0.25, 0.3) is 0 Å². The van der Waals surface area contributed by atoms with Gasteiger partial charge in [0.05, 0.1) is 0 Å². The van der Waals surface area contributed by atoms with E-state index in [1.165, 1.54) is 32.4 Å². The first-order valence-corrected chi connectivity index (χ1v) is 7.79. The summed E-state index contributed by atoms with van der Waals surface area (Å²) in [6.07, 6.45) is 3.90. The minimum absolute atomic E-state index is 0.316. The molecule has 0 saturated carbocycles. The molecule has 2 saturated heterocycles. The summed E-state index contributed by atoms with van der Waals surface area (Å²) in [7, 11) is 0. The quantitative estimate of drug-likeness (QED) is 0.807. The van der Waals surface area contributed by atoms with Crippen LogP contribution in [-0.4, -0.2) is 43.1 Å². The van der Waals surface area contributed by atoms with E-state index < -0.39 is 12.1 Å². The summed E-state index contributed by atoms with van der Waals surface area (Å²) in [5, 5.41) is 4.80. The smallest absolute Gasteiger partial charge is 0.322 e. The lowest BCUT2D eigenvalue weighted by molar-refractivity contribution is -0.120. The maximum Gasteiger partial charge on any atom is 0.322 e. The molecule has 0 aromatic heterocycles. The topological polar surface area (TPSA) is 70.7 Å². The summed E-state index contributed by atoms with van der Waals surface area (Å²) in [6.45, 7) is 3.94. The van der Waals surface area contributed by atoms with Crippen molar-refractivity contribution in [2.45, 2.75) is 25.3 Å². The summed E-state index contributed by atoms with van der Waals surface area (Å²) in [5.41, 5.74) is 0.756. The number of hydrogen-bond acceptors (Lipinski definition) is 4. The summed E-state index contributed by atoms with van der Waals surface area (Å²) in [6, 6.07) is 6.25. The molecule has 1 aromatic rings. The number of amides is 3. The zero-order chi connectivity index (χ0) is 15.4. The maximum atomic E-state index is 11.6. The Morgan fingerprint density at radius 2 is 1.82 bits per heavy atom. The van der Waals surface area contributed by atoms with E-state index in [2.05, 4.69) is 15.5 Å². The van der Waals surface area contributed by atoms with Crippen LogP contribution < -0.4 is 15.4 Å². The average molecular weight is 303 g/mol. The van der Waals surface area contributed by atoms with Crippen LogP contribution in [0.2, 0.25) is 0 Å². The van der Waals surface area contributed by atoms with Crippen LogP contribution in [0.3, 0.4) is 0 Å². The minimum atomic E-state index is -0.602. The van der Waals surface area contributed by atoms with Crippen molar-refractivity contribution in [1.29, 1.82) is 0 Å². The van der Waals surface area contributed by atoms with Crippen LogP contribution >= 0.6 is 0 Å². The summed E-state index contributed by atoms with van der Waals surface area (Å²) < 4.78 is 5.74. The SMILES string of the molecule is O=C1NC(=O)C(c2ccc(OCCN3CCCCC3)cc2)N1. The van der Waals surface area contributed by atoms with E-state index in [-0.39, 0.29) is 5.91 Å². The third-order valence-electron chi connectivity index (χ3n) is 4.11. The first-order chi connectivity index (χ1) is 10.7. The Labute approximate surface area is 129 Å². The van der Waals surface area contributed by atoms with Gasteiger partial charge in [-0.1, -0.05) is 18.6 Å². The number of nitrogens with one attached hydrogen (secondary N) is 2. The molecule has 2 fully saturated rings. The first kappa shape index (κ1) is 14.8. The molecule has 0 bridgehead atoms. The molecule has 0 aliphatic carbocycles. The van der Waals surface area contributed by atoms with Gasteiger partial charge in [0.2, 0.25) is 0 Å². The van der Waals surface area contributed by atoms with Crippen LogP contribution in [0.1, 0.15) is 30.9 Å². The van der Waals surface area contributed by atoms with Gasteiger partial charge in [0.25, 0.3) is 5.91 Å². The molecule has 2 aliphatic heterocycles. The van der Waals surface area contributed by atoms with E-state index in [0.29, 0.717) is 6.61 Å². The van der Waals surface area contributed by atoms with Gasteiger partial charge in [-0.25, -0.2) is 4.79 Å². The van der Waals surface area contributed by atoms with Crippen LogP contribution in [0, 0.1) is 0 Å². The molecule has 0 spiro atoms. The molecule has 6 heteroatoms. The van der Waals surface area contributed by atoms with Crippen molar-refractivity contribution in [3.05, 3.63) is 29.8 Å². The molecule has 3 amide bonds. The van der Waals surface area contributed by atoms with E-state index >= 15 is 0 Å².